The highest BCUT2D eigenvalue weighted by atomic mass is 35.5. The molecule has 1 saturated heterocycles. The van der Waals surface area contributed by atoms with Gasteiger partial charge in [0.25, 0.3) is 0 Å². The van der Waals surface area contributed by atoms with Crippen molar-refractivity contribution < 1.29 is 14.7 Å². The summed E-state index contributed by atoms with van der Waals surface area (Å²) in [6.45, 7) is 0.433. The van der Waals surface area contributed by atoms with Crippen LogP contribution in [0.2, 0.25) is 5.02 Å². The van der Waals surface area contributed by atoms with E-state index < -0.39 is 5.97 Å². The highest BCUT2D eigenvalue weighted by Gasteiger charge is 2.32. The molecule has 1 atom stereocenters. The van der Waals surface area contributed by atoms with Gasteiger partial charge in [-0.25, -0.2) is 4.79 Å². The van der Waals surface area contributed by atoms with Crippen molar-refractivity contribution in [2.75, 3.05) is 17.3 Å². The van der Waals surface area contributed by atoms with Crippen LogP contribution >= 0.6 is 23.2 Å². The van der Waals surface area contributed by atoms with Gasteiger partial charge in [0, 0.05) is 23.9 Å². The Labute approximate surface area is 114 Å². The Morgan fingerprint density at radius 3 is 2.78 bits per heavy atom. The molecule has 0 aliphatic carbocycles. The molecule has 0 radical (unpaired) electrons. The summed E-state index contributed by atoms with van der Waals surface area (Å²) in [6, 6.07) is 4.40. The molecule has 0 spiro atoms. The third kappa shape index (κ3) is 2.44. The van der Waals surface area contributed by atoms with Crippen LogP contribution in [0.3, 0.4) is 0 Å². The summed E-state index contributed by atoms with van der Waals surface area (Å²) in [4.78, 5) is 24.4. The van der Waals surface area contributed by atoms with Crippen LogP contribution in [0, 0.1) is 5.92 Å². The fourth-order valence-corrected chi connectivity index (χ4v) is 2.40. The van der Waals surface area contributed by atoms with Crippen LogP contribution in [0.5, 0.6) is 0 Å². The normalized spacial score (nSPS) is 19.3. The Bertz CT molecular complexity index is 504. The van der Waals surface area contributed by atoms with E-state index in [4.69, 9.17) is 28.3 Å². The lowest BCUT2D eigenvalue weighted by Crippen LogP contribution is -2.26. The number of carbonyl (C=O) groups is 2. The molecular formula is C12H11Cl2NO3. The Kier molecular flexibility index (Phi) is 3.78. The summed E-state index contributed by atoms with van der Waals surface area (Å²) in [5.41, 5.74) is 0.413. The number of carboxylic acids is 1. The zero-order valence-corrected chi connectivity index (χ0v) is 10.9. The lowest BCUT2D eigenvalue weighted by molar-refractivity contribution is -0.117. The summed E-state index contributed by atoms with van der Waals surface area (Å²) in [6.07, 6.45) is 0.342. The van der Waals surface area contributed by atoms with Gasteiger partial charge in [0.2, 0.25) is 5.91 Å². The summed E-state index contributed by atoms with van der Waals surface area (Å²) in [5, 5.41) is 9.52. The van der Waals surface area contributed by atoms with Crippen molar-refractivity contribution in [2.24, 2.45) is 5.92 Å². The van der Waals surface area contributed by atoms with Gasteiger partial charge < -0.3 is 10.0 Å². The number of carboxylic acid groups (broad SMARTS) is 1. The molecular weight excluding hydrogens is 277 g/mol. The van der Waals surface area contributed by atoms with Crippen molar-refractivity contribution in [3.8, 4) is 0 Å². The first-order chi connectivity index (χ1) is 8.52. The van der Waals surface area contributed by atoms with Crippen molar-refractivity contribution >= 4 is 40.8 Å². The molecule has 1 fully saturated rings. The number of aromatic carboxylic acids is 1. The standard InChI is InChI=1S/C12H11Cl2NO3/c13-5-7-3-11(16)15(6-7)10-4-8(14)1-2-9(10)12(17)18/h1-2,4,7H,3,5-6H2,(H,17,18). The van der Waals surface area contributed by atoms with Crippen molar-refractivity contribution in [2.45, 2.75) is 6.42 Å². The zero-order chi connectivity index (χ0) is 13.3. The van der Waals surface area contributed by atoms with Gasteiger partial charge in [-0.2, -0.15) is 0 Å². The third-order valence-corrected chi connectivity index (χ3v) is 3.58. The molecule has 0 aromatic heterocycles. The molecule has 1 aliphatic heterocycles. The Morgan fingerprint density at radius 2 is 2.22 bits per heavy atom. The van der Waals surface area contributed by atoms with Crippen LogP contribution in [-0.4, -0.2) is 29.4 Å². The maximum atomic E-state index is 11.9. The second-order valence-corrected chi connectivity index (χ2v) is 4.94. The molecule has 1 amide bonds. The van der Waals surface area contributed by atoms with Crippen molar-refractivity contribution in [3.05, 3.63) is 28.8 Å². The number of benzene rings is 1. The molecule has 1 aromatic carbocycles. The SMILES string of the molecule is O=C(O)c1ccc(Cl)cc1N1CC(CCl)CC1=O. The van der Waals surface area contributed by atoms with Gasteiger partial charge in [-0.3, -0.25) is 4.79 Å². The lowest BCUT2D eigenvalue weighted by atomic mass is 10.1. The highest BCUT2D eigenvalue weighted by molar-refractivity contribution is 6.31. The average molecular weight is 288 g/mol. The average Bonchev–Trinajstić information content (AvgIpc) is 2.70. The predicted molar refractivity (Wildman–Crippen MR) is 69.6 cm³/mol. The monoisotopic (exact) mass is 287 g/mol. The number of amides is 1. The zero-order valence-electron chi connectivity index (χ0n) is 9.40. The van der Waals surface area contributed by atoms with Crippen LogP contribution in [-0.2, 0) is 4.79 Å². The highest BCUT2D eigenvalue weighted by Crippen LogP contribution is 2.31. The van der Waals surface area contributed by atoms with Gasteiger partial charge >= 0.3 is 5.97 Å². The van der Waals surface area contributed by atoms with Crippen LogP contribution in [0.15, 0.2) is 18.2 Å². The van der Waals surface area contributed by atoms with E-state index in [-0.39, 0.29) is 17.4 Å². The number of nitrogens with zero attached hydrogens (tertiary/aromatic N) is 1. The molecule has 6 heteroatoms. The van der Waals surface area contributed by atoms with Gasteiger partial charge in [-0.15, -0.1) is 11.6 Å². The number of halogens is 2. The first kappa shape index (κ1) is 13.2. The maximum absolute atomic E-state index is 11.9. The number of hydrogen-bond acceptors (Lipinski definition) is 2. The molecule has 1 aromatic rings. The van der Waals surface area contributed by atoms with Crippen molar-refractivity contribution in [3.63, 3.8) is 0 Å². The second kappa shape index (κ2) is 5.16. The first-order valence-electron chi connectivity index (χ1n) is 5.42. The minimum Gasteiger partial charge on any atom is -0.478 e. The van der Waals surface area contributed by atoms with Crippen LogP contribution < -0.4 is 4.90 Å². The third-order valence-electron chi connectivity index (χ3n) is 2.90. The topological polar surface area (TPSA) is 57.6 Å². The summed E-state index contributed by atoms with van der Waals surface area (Å²) < 4.78 is 0. The number of carbonyl (C=O) groups excluding carboxylic acids is 1. The van der Waals surface area contributed by atoms with E-state index in [0.29, 0.717) is 29.6 Å². The number of rotatable bonds is 3. The van der Waals surface area contributed by atoms with E-state index in [1.807, 2.05) is 0 Å². The Balaban J connectivity index is 2.41. The van der Waals surface area contributed by atoms with Crippen molar-refractivity contribution in [1.82, 2.24) is 0 Å². The van der Waals surface area contributed by atoms with E-state index in [1.165, 1.54) is 23.1 Å². The summed E-state index contributed by atoms with van der Waals surface area (Å²) >= 11 is 11.6. The number of alkyl halides is 1. The Morgan fingerprint density at radius 1 is 1.50 bits per heavy atom. The fraction of sp³-hybridized carbons (Fsp3) is 0.333. The molecule has 96 valence electrons. The summed E-state index contributed by atoms with van der Waals surface area (Å²) in [5.74, 6) is -0.764. The molecule has 1 aliphatic rings. The smallest absolute Gasteiger partial charge is 0.337 e. The van der Waals surface area contributed by atoms with Crippen LogP contribution in [0.25, 0.3) is 0 Å². The quantitative estimate of drug-likeness (QED) is 0.870. The van der Waals surface area contributed by atoms with Gasteiger partial charge in [-0.05, 0) is 24.1 Å². The molecule has 2 rings (SSSR count). The second-order valence-electron chi connectivity index (χ2n) is 4.20. The van der Waals surface area contributed by atoms with Gasteiger partial charge in [0.1, 0.15) is 0 Å². The van der Waals surface area contributed by atoms with Crippen LogP contribution in [0.4, 0.5) is 5.69 Å². The molecule has 1 heterocycles. The van der Waals surface area contributed by atoms with Crippen molar-refractivity contribution in [1.29, 1.82) is 0 Å². The molecule has 1 unspecified atom stereocenters. The fourth-order valence-electron chi connectivity index (χ4n) is 2.03. The predicted octanol–water partition coefficient (Wildman–Crippen LogP) is 2.63. The molecule has 0 saturated carbocycles. The summed E-state index contributed by atoms with van der Waals surface area (Å²) in [7, 11) is 0. The van der Waals surface area contributed by atoms with E-state index in [1.54, 1.807) is 0 Å². The first-order valence-corrected chi connectivity index (χ1v) is 6.33. The number of anilines is 1. The largest absolute Gasteiger partial charge is 0.478 e. The molecule has 18 heavy (non-hydrogen) atoms. The van der Waals surface area contributed by atoms with E-state index in [2.05, 4.69) is 0 Å². The van der Waals surface area contributed by atoms with E-state index in [9.17, 15) is 9.59 Å². The van der Waals surface area contributed by atoms with Gasteiger partial charge in [-0.1, -0.05) is 11.6 Å². The minimum atomic E-state index is -1.08. The lowest BCUT2D eigenvalue weighted by Gasteiger charge is -2.19. The molecule has 4 nitrogen and oxygen atoms in total. The Hall–Kier alpha value is -1.26. The van der Waals surface area contributed by atoms with E-state index >= 15 is 0 Å². The van der Waals surface area contributed by atoms with Gasteiger partial charge in [0.15, 0.2) is 0 Å². The van der Waals surface area contributed by atoms with Crippen LogP contribution in [0.1, 0.15) is 16.8 Å². The molecule has 1 N–H and O–H groups in total. The number of hydrogen-bond donors (Lipinski definition) is 1. The van der Waals surface area contributed by atoms with E-state index in [0.717, 1.165) is 0 Å². The molecule has 0 bridgehead atoms. The minimum absolute atomic E-state index is 0.0554. The maximum Gasteiger partial charge on any atom is 0.337 e. The van der Waals surface area contributed by atoms with Gasteiger partial charge in [0.05, 0.1) is 11.3 Å².